The number of carbonyl (C=O) groups excluding carboxylic acids is 3. The smallest absolute Gasteiger partial charge is 0.246 e. The molecule has 3 heterocycles. The van der Waals surface area contributed by atoms with Crippen molar-refractivity contribution in [2.24, 2.45) is 11.8 Å². The van der Waals surface area contributed by atoms with E-state index in [-0.39, 0.29) is 24.3 Å². The molecule has 0 saturated carbocycles. The van der Waals surface area contributed by atoms with Gasteiger partial charge >= 0.3 is 0 Å². The Morgan fingerprint density at radius 2 is 1.88 bits per heavy atom. The van der Waals surface area contributed by atoms with Gasteiger partial charge < -0.3 is 25.4 Å². The SMILES string of the molecule is CC[C@@]12CCC3(O1)C(C(=O)NC(C)(C)C)N([C@@H](CO)Cc1ccccc1)C(=O)[C@@H]3[C@@H]2C(=O)NC. The Kier molecular flexibility index (Phi) is 6.27. The third-order valence-corrected chi connectivity index (χ3v) is 7.81. The van der Waals surface area contributed by atoms with Crippen LogP contribution in [0.25, 0.3) is 0 Å². The maximum atomic E-state index is 14.1. The molecule has 3 saturated heterocycles. The van der Waals surface area contributed by atoms with Gasteiger partial charge in [0.05, 0.1) is 30.1 Å². The van der Waals surface area contributed by atoms with Gasteiger partial charge in [-0.3, -0.25) is 14.4 Å². The van der Waals surface area contributed by atoms with Crippen LogP contribution in [0.5, 0.6) is 0 Å². The molecule has 0 aromatic heterocycles. The Labute approximate surface area is 201 Å². The van der Waals surface area contributed by atoms with Gasteiger partial charge in [-0.2, -0.15) is 0 Å². The molecule has 1 spiro atoms. The molecule has 1 aromatic rings. The molecule has 6 atom stereocenters. The Hall–Kier alpha value is -2.45. The second kappa shape index (κ2) is 8.64. The molecular weight excluding hydrogens is 434 g/mol. The maximum absolute atomic E-state index is 14.1. The first kappa shape index (κ1) is 24.7. The highest BCUT2D eigenvalue weighted by molar-refractivity contribution is 5.99. The number of hydrogen-bond acceptors (Lipinski definition) is 5. The fourth-order valence-corrected chi connectivity index (χ4v) is 6.48. The van der Waals surface area contributed by atoms with Gasteiger partial charge in [0.15, 0.2) is 0 Å². The molecule has 3 N–H and O–H groups in total. The van der Waals surface area contributed by atoms with Crippen LogP contribution in [-0.2, 0) is 25.5 Å². The van der Waals surface area contributed by atoms with Crippen molar-refractivity contribution in [3.05, 3.63) is 35.9 Å². The lowest BCUT2D eigenvalue weighted by molar-refractivity contribution is -0.151. The number of rotatable bonds is 7. The number of aliphatic hydroxyl groups excluding tert-OH is 1. The molecule has 3 aliphatic heterocycles. The second-order valence-corrected chi connectivity index (χ2v) is 11.0. The molecule has 3 fully saturated rings. The van der Waals surface area contributed by atoms with Crippen LogP contribution in [0, 0.1) is 11.8 Å². The zero-order valence-electron chi connectivity index (χ0n) is 20.8. The largest absolute Gasteiger partial charge is 0.394 e. The zero-order chi connectivity index (χ0) is 24.9. The number of benzene rings is 1. The first-order valence-electron chi connectivity index (χ1n) is 12.2. The van der Waals surface area contributed by atoms with Gasteiger partial charge in [-0.05, 0) is 52.0 Å². The standard InChI is InChI=1S/C26H37N3O5/c1-6-25-12-13-26(34-25)19(18(25)21(31)27-5)23(33)29(20(26)22(32)28-24(2,3)4)17(15-30)14-16-10-8-7-9-11-16/h7-11,17-20,30H,6,12-15H2,1-5H3,(H,27,31)(H,28,32)/t17-,18-,19+,20?,25+,26?/m1/s1. The van der Waals surface area contributed by atoms with Crippen LogP contribution in [0.2, 0.25) is 0 Å². The molecule has 3 amide bonds. The van der Waals surface area contributed by atoms with Crippen LogP contribution in [0.1, 0.15) is 52.5 Å². The van der Waals surface area contributed by atoms with Gasteiger partial charge in [-0.1, -0.05) is 37.3 Å². The molecular formula is C26H37N3O5. The molecule has 1 aromatic carbocycles. The highest BCUT2D eigenvalue weighted by Gasteiger charge is 2.79. The minimum Gasteiger partial charge on any atom is -0.394 e. The highest BCUT2D eigenvalue weighted by Crippen LogP contribution is 2.64. The van der Waals surface area contributed by atoms with Crippen molar-refractivity contribution in [1.82, 2.24) is 15.5 Å². The lowest BCUT2D eigenvalue weighted by atomic mass is 9.65. The van der Waals surface area contributed by atoms with Crippen molar-refractivity contribution in [3.8, 4) is 0 Å². The van der Waals surface area contributed by atoms with Crippen molar-refractivity contribution in [2.75, 3.05) is 13.7 Å². The van der Waals surface area contributed by atoms with Crippen LogP contribution >= 0.6 is 0 Å². The normalized spacial score (nSPS) is 33.1. The van der Waals surface area contributed by atoms with E-state index in [9.17, 15) is 19.5 Å². The third kappa shape index (κ3) is 3.71. The molecule has 2 unspecified atom stereocenters. The van der Waals surface area contributed by atoms with Crippen molar-refractivity contribution in [2.45, 2.75) is 82.2 Å². The molecule has 8 heteroatoms. The fourth-order valence-electron chi connectivity index (χ4n) is 6.48. The van der Waals surface area contributed by atoms with E-state index in [0.29, 0.717) is 25.7 Å². The van der Waals surface area contributed by atoms with Crippen LogP contribution in [0.4, 0.5) is 0 Å². The molecule has 3 aliphatic rings. The maximum Gasteiger partial charge on any atom is 0.246 e. The average Bonchev–Trinajstić information content (AvgIpc) is 3.40. The van der Waals surface area contributed by atoms with E-state index in [4.69, 9.17) is 4.74 Å². The fraction of sp³-hybridized carbons (Fsp3) is 0.654. The van der Waals surface area contributed by atoms with Crippen LogP contribution in [-0.4, -0.2) is 70.2 Å². The summed E-state index contributed by atoms with van der Waals surface area (Å²) in [7, 11) is 1.57. The summed E-state index contributed by atoms with van der Waals surface area (Å²) in [4.78, 5) is 42.5. The van der Waals surface area contributed by atoms with Gasteiger partial charge in [0.25, 0.3) is 0 Å². The minimum absolute atomic E-state index is 0.234. The van der Waals surface area contributed by atoms with E-state index in [1.54, 1.807) is 7.05 Å². The quantitative estimate of drug-likeness (QED) is 0.557. The molecule has 2 bridgehead atoms. The van der Waals surface area contributed by atoms with Gasteiger partial charge in [0, 0.05) is 12.6 Å². The number of hydrogen-bond donors (Lipinski definition) is 3. The number of carbonyl (C=O) groups is 3. The van der Waals surface area contributed by atoms with E-state index in [2.05, 4.69) is 10.6 Å². The lowest BCUT2D eigenvalue weighted by Gasteiger charge is -2.38. The number of nitrogens with one attached hydrogen (secondary N) is 2. The first-order valence-corrected chi connectivity index (χ1v) is 12.2. The van der Waals surface area contributed by atoms with Crippen molar-refractivity contribution in [3.63, 3.8) is 0 Å². The average molecular weight is 472 g/mol. The Balaban J connectivity index is 1.81. The predicted octanol–water partition coefficient (Wildman–Crippen LogP) is 1.41. The molecule has 34 heavy (non-hydrogen) atoms. The summed E-state index contributed by atoms with van der Waals surface area (Å²) in [5.41, 5.74) is -1.42. The van der Waals surface area contributed by atoms with Crippen LogP contribution in [0.15, 0.2) is 30.3 Å². The number of fused-ring (bicyclic) bond motifs is 1. The monoisotopic (exact) mass is 471 g/mol. The molecule has 8 nitrogen and oxygen atoms in total. The van der Waals surface area contributed by atoms with E-state index in [1.165, 1.54) is 4.90 Å². The summed E-state index contributed by atoms with van der Waals surface area (Å²) < 4.78 is 6.68. The summed E-state index contributed by atoms with van der Waals surface area (Å²) >= 11 is 0. The summed E-state index contributed by atoms with van der Waals surface area (Å²) in [6, 6.07) is 8.06. The van der Waals surface area contributed by atoms with Crippen molar-refractivity contribution in [1.29, 1.82) is 0 Å². The predicted molar refractivity (Wildman–Crippen MR) is 127 cm³/mol. The highest BCUT2D eigenvalue weighted by atomic mass is 16.5. The van der Waals surface area contributed by atoms with Gasteiger partial charge in [0.1, 0.15) is 11.6 Å². The lowest BCUT2D eigenvalue weighted by Crippen LogP contribution is -2.60. The minimum atomic E-state index is -1.09. The number of ether oxygens (including phenoxy) is 1. The molecule has 0 radical (unpaired) electrons. The molecule has 4 rings (SSSR count). The van der Waals surface area contributed by atoms with E-state index < -0.39 is 40.7 Å². The number of likely N-dealkylation sites (tertiary alicyclic amines) is 1. The summed E-state index contributed by atoms with van der Waals surface area (Å²) in [5.74, 6) is -2.26. The topological polar surface area (TPSA) is 108 Å². The van der Waals surface area contributed by atoms with E-state index >= 15 is 0 Å². The Morgan fingerprint density at radius 3 is 2.44 bits per heavy atom. The van der Waals surface area contributed by atoms with E-state index in [1.807, 2.05) is 58.0 Å². The second-order valence-electron chi connectivity index (χ2n) is 11.0. The van der Waals surface area contributed by atoms with Gasteiger partial charge in [-0.15, -0.1) is 0 Å². The number of aliphatic hydroxyl groups is 1. The number of nitrogens with zero attached hydrogens (tertiary/aromatic N) is 1. The summed E-state index contributed by atoms with van der Waals surface area (Å²) in [5, 5.41) is 16.2. The van der Waals surface area contributed by atoms with E-state index in [0.717, 1.165) is 5.56 Å². The third-order valence-electron chi connectivity index (χ3n) is 7.81. The molecule has 0 aliphatic carbocycles. The van der Waals surface area contributed by atoms with Crippen molar-refractivity contribution < 1.29 is 24.2 Å². The van der Waals surface area contributed by atoms with Gasteiger partial charge in [-0.25, -0.2) is 0 Å². The zero-order valence-corrected chi connectivity index (χ0v) is 20.8. The number of amides is 3. The Bertz CT molecular complexity index is 961. The van der Waals surface area contributed by atoms with Crippen LogP contribution < -0.4 is 10.6 Å². The van der Waals surface area contributed by atoms with Crippen molar-refractivity contribution >= 4 is 17.7 Å². The molecule has 186 valence electrons. The van der Waals surface area contributed by atoms with Gasteiger partial charge in [0.2, 0.25) is 17.7 Å². The van der Waals surface area contributed by atoms with Crippen LogP contribution in [0.3, 0.4) is 0 Å². The summed E-state index contributed by atoms with van der Waals surface area (Å²) in [6.07, 6.45) is 2.11. The summed E-state index contributed by atoms with van der Waals surface area (Å²) in [6.45, 7) is 7.34. The Morgan fingerprint density at radius 1 is 1.21 bits per heavy atom. The first-order chi connectivity index (χ1) is 16.0.